The van der Waals surface area contributed by atoms with Crippen LogP contribution in [0.25, 0.3) is 0 Å². The molecule has 0 aliphatic carbocycles. The van der Waals surface area contributed by atoms with Crippen molar-refractivity contribution in [3.63, 3.8) is 0 Å². The van der Waals surface area contributed by atoms with Crippen LogP contribution in [0, 0.1) is 5.82 Å². The van der Waals surface area contributed by atoms with Crippen molar-refractivity contribution in [2.45, 2.75) is 25.1 Å². The molecule has 0 bridgehead atoms. The Kier molecular flexibility index (Phi) is 4.36. The molecule has 3 rings (SSSR count). The van der Waals surface area contributed by atoms with Crippen molar-refractivity contribution in [2.24, 2.45) is 0 Å². The van der Waals surface area contributed by atoms with E-state index < -0.39 is 0 Å². The second kappa shape index (κ2) is 6.42. The SMILES string of the molecule is COc1ccnc(CN2C[C@H](O)C[C@@H]2c2ccc(F)cc2)c1. The van der Waals surface area contributed by atoms with Crippen LogP contribution in [0.15, 0.2) is 42.6 Å². The maximum absolute atomic E-state index is 13.1. The number of aliphatic hydroxyl groups is 1. The number of pyridine rings is 1. The highest BCUT2D eigenvalue weighted by Crippen LogP contribution is 2.33. The van der Waals surface area contributed by atoms with Crippen LogP contribution >= 0.6 is 0 Å². The van der Waals surface area contributed by atoms with Crippen LogP contribution in [0.5, 0.6) is 5.75 Å². The van der Waals surface area contributed by atoms with Crippen molar-refractivity contribution in [1.29, 1.82) is 0 Å². The molecule has 116 valence electrons. The van der Waals surface area contributed by atoms with Gasteiger partial charge in [0.05, 0.1) is 18.9 Å². The van der Waals surface area contributed by atoms with E-state index in [2.05, 4.69) is 9.88 Å². The molecular formula is C17H19FN2O2. The Bertz CT molecular complexity index is 633. The highest BCUT2D eigenvalue weighted by atomic mass is 19.1. The Morgan fingerprint density at radius 1 is 1.32 bits per heavy atom. The first-order valence-corrected chi connectivity index (χ1v) is 7.32. The maximum atomic E-state index is 13.1. The van der Waals surface area contributed by atoms with Crippen molar-refractivity contribution in [2.75, 3.05) is 13.7 Å². The number of hydrogen-bond donors (Lipinski definition) is 1. The molecule has 1 aromatic carbocycles. The molecule has 2 heterocycles. The van der Waals surface area contributed by atoms with E-state index in [4.69, 9.17) is 4.74 Å². The van der Waals surface area contributed by atoms with Crippen molar-refractivity contribution in [1.82, 2.24) is 9.88 Å². The van der Waals surface area contributed by atoms with E-state index in [1.54, 1.807) is 31.5 Å². The number of ether oxygens (including phenoxy) is 1. The lowest BCUT2D eigenvalue weighted by molar-refractivity contribution is 0.172. The zero-order valence-corrected chi connectivity index (χ0v) is 12.4. The van der Waals surface area contributed by atoms with Crippen LogP contribution in [0.4, 0.5) is 4.39 Å². The van der Waals surface area contributed by atoms with Crippen LogP contribution in [-0.2, 0) is 6.54 Å². The number of hydrogen-bond acceptors (Lipinski definition) is 4. The first-order chi connectivity index (χ1) is 10.7. The topological polar surface area (TPSA) is 45.6 Å². The van der Waals surface area contributed by atoms with E-state index in [9.17, 15) is 9.50 Å². The Labute approximate surface area is 129 Å². The van der Waals surface area contributed by atoms with Crippen molar-refractivity contribution >= 4 is 0 Å². The molecule has 0 unspecified atom stereocenters. The monoisotopic (exact) mass is 302 g/mol. The maximum Gasteiger partial charge on any atom is 0.123 e. The quantitative estimate of drug-likeness (QED) is 0.943. The van der Waals surface area contributed by atoms with E-state index in [0.717, 1.165) is 17.0 Å². The first-order valence-electron chi connectivity index (χ1n) is 7.32. The molecule has 2 aromatic rings. The third-order valence-electron chi connectivity index (χ3n) is 4.02. The molecular weight excluding hydrogens is 283 g/mol. The zero-order valence-electron chi connectivity index (χ0n) is 12.4. The molecule has 0 saturated carbocycles. The third kappa shape index (κ3) is 3.26. The summed E-state index contributed by atoms with van der Waals surface area (Å²) in [6.45, 7) is 1.21. The third-order valence-corrected chi connectivity index (χ3v) is 4.02. The average molecular weight is 302 g/mol. The van der Waals surface area contributed by atoms with Crippen LogP contribution in [-0.4, -0.2) is 34.7 Å². The van der Waals surface area contributed by atoms with Crippen molar-refractivity contribution in [3.05, 3.63) is 59.7 Å². The van der Waals surface area contributed by atoms with Gasteiger partial charge in [-0.25, -0.2) is 4.39 Å². The molecule has 1 N–H and O–H groups in total. The molecule has 0 amide bonds. The summed E-state index contributed by atoms with van der Waals surface area (Å²) in [5.74, 6) is 0.520. The summed E-state index contributed by atoms with van der Waals surface area (Å²) in [5.41, 5.74) is 1.90. The number of aliphatic hydroxyl groups excluding tert-OH is 1. The van der Waals surface area contributed by atoms with Crippen molar-refractivity contribution in [3.8, 4) is 5.75 Å². The normalized spacial score (nSPS) is 22.0. The fourth-order valence-corrected chi connectivity index (χ4v) is 2.96. The smallest absolute Gasteiger partial charge is 0.123 e. The van der Waals surface area contributed by atoms with Crippen molar-refractivity contribution < 1.29 is 14.2 Å². The van der Waals surface area contributed by atoms with E-state index in [1.807, 2.05) is 6.07 Å². The molecule has 0 spiro atoms. The lowest BCUT2D eigenvalue weighted by Crippen LogP contribution is -2.24. The first kappa shape index (κ1) is 14.9. The molecule has 5 heteroatoms. The summed E-state index contributed by atoms with van der Waals surface area (Å²) >= 11 is 0. The molecule has 1 aliphatic heterocycles. The number of rotatable bonds is 4. The number of halogens is 1. The number of β-amino-alcohol motifs (C(OH)–C–C–N with tert-alkyl or cyclic N) is 1. The van der Waals surface area contributed by atoms with E-state index in [-0.39, 0.29) is 18.0 Å². The fourth-order valence-electron chi connectivity index (χ4n) is 2.96. The summed E-state index contributed by atoms with van der Waals surface area (Å²) in [5, 5.41) is 10.0. The Morgan fingerprint density at radius 2 is 2.09 bits per heavy atom. The summed E-state index contributed by atoms with van der Waals surface area (Å²) in [6.07, 6.45) is 1.99. The largest absolute Gasteiger partial charge is 0.497 e. The highest BCUT2D eigenvalue weighted by molar-refractivity contribution is 5.24. The minimum atomic E-state index is -0.374. The standard InChI is InChI=1S/C17H19FN2O2/c1-22-16-6-7-19-14(8-16)10-20-11-15(21)9-17(20)12-2-4-13(18)5-3-12/h2-8,15,17,21H,9-11H2,1H3/t15-,17-/m1/s1. The lowest BCUT2D eigenvalue weighted by Gasteiger charge is -2.24. The summed E-state index contributed by atoms with van der Waals surface area (Å²) in [4.78, 5) is 6.52. The van der Waals surface area contributed by atoms with Crippen LogP contribution in [0.2, 0.25) is 0 Å². The van der Waals surface area contributed by atoms with Gasteiger partial charge in [-0.05, 0) is 30.2 Å². The predicted octanol–water partition coefficient (Wildman–Crippen LogP) is 2.54. The number of likely N-dealkylation sites (tertiary alicyclic amines) is 1. The second-order valence-corrected chi connectivity index (χ2v) is 5.57. The van der Waals surface area contributed by atoms with Gasteiger partial charge < -0.3 is 9.84 Å². The van der Waals surface area contributed by atoms with Gasteiger partial charge in [0.1, 0.15) is 11.6 Å². The lowest BCUT2D eigenvalue weighted by atomic mass is 10.0. The minimum absolute atomic E-state index is 0.0728. The van der Waals surface area contributed by atoms with Crippen LogP contribution in [0.1, 0.15) is 23.7 Å². The van der Waals surface area contributed by atoms with Gasteiger partial charge in [-0.1, -0.05) is 12.1 Å². The van der Waals surface area contributed by atoms with Gasteiger partial charge in [-0.3, -0.25) is 9.88 Å². The minimum Gasteiger partial charge on any atom is -0.497 e. The average Bonchev–Trinajstić information content (AvgIpc) is 2.89. The molecule has 1 aromatic heterocycles. The van der Waals surface area contributed by atoms with E-state index in [0.29, 0.717) is 19.5 Å². The van der Waals surface area contributed by atoms with Crippen LogP contribution < -0.4 is 4.74 Å². The molecule has 1 fully saturated rings. The van der Waals surface area contributed by atoms with Gasteiger partial charge >= 0.3 is 0 Å². The predicted molar refractivity (Wildman–Crippen MR) is 81.0 cm³/mol. The Morgan fingerprint density at radius 3 is 2.82 bits per heavy atom. The number of methoxy groups -OCH3 is 1. The van der Waals surface area contributed by atoms with Crippen LogP contribution in [0.3, 0.4) is 0 Å². The summed E-state index contributed by atoms with van der Waals surface area (Å²) < 4.78 is 18.3. The second-order valence-electron chi connectivity index (χ2n) is 5.57. The summed E-state index contributed by atoms with van der Waals surface area (Å²) in [7, 11) is 1.63. The molecule has 2 atom stereocenters. The van der Waals surface area contributed by atoms with E-state index in [1.165, 1.54) is 12.1 Å². The fraction of sp³-hybridized carbons (Fsp3) is 0.353. The number of benzene rings is 1. The molecule has 4 nitrogen and oxygen atoms in total. The Balaban J connectivity index is 1.79. The van der Waals surface area contributed by atoms with Gasteiger partial charge in [0.2, 0.25) is 0 Å². The molecule has 0 radical (unpaired) electrons. The van der Waals surface area contributed by atoms with E-state index >= 15 is 0 Å². The Hall–Kier alpha value is -1.98. The number of aromatic nitrogens is 1. The molecule has 22 heavy (non-hydrogen) atoms. The summed E-state index contributed by atoms with van der Waals surface area (Å²) in [6, 6.07) is 10.3. The van der Waals surface area contributed by atoms with Gasteiger partial charge in [-0.2, -0.15) is 0 Å². The van der Waals surface area contributed by atoms with Gasteiger partial charge in [0.15, 0.2) is 0 Å². The van der Waals surface area contributed by atoms with Gasteiger partial charge in [0.25, 0.3) is 0 Å². The molecule has 1 aliphatic rings. The van der Waals surface area contributed by atoms with Gasteiger partial charge in [0, 0.05) is 31.4 Å². The number of nitrogens with zero attached hydrogens (tertiary/aromatic N) is 2. The zero-order chi connectivity index (χ0) is 15.5. The van der Waals surface area contributed by atoms with Gasteiger partial charge in [-0.15, -0.1) is 0 Å². The highest BCUT2D eigenvalue weighted by Gasteiger charge is 2.32. The molecule has 1 saturated heterocycles.